The summed E-state index contributed by atoms with van der Waals surface area (Å²) >= 11 is 0. The Hall–Kier alpha value is -3.28. The first-order valence-corrected chi connectivity index (χ1v) is 6.96. The fourth-order valence-corrected chi connectivity index (χ4v) is 2.46. The van der Waals surface area contributed by atoms with Gasteiger partial charge in [-0.1, -0.05) is 60.7 Å². The van der Waals surface area contributed by atoms with Gasteiger partial charge in [-0.3, -0.25) is 14.9 Å². The van der Waals surface area contributed by atoms with Crippen molar-refractivity contribution in [2.75, 3.05) is 0 Å². The van der Waals surface area contributed by atoms with E-state index in [1.165, 1.54) is 7.05 Å². The molecular weight excluding hydrogens is 294 g/mol. The maximum absolute atomic E-state index is 12.2. The minimum atomic E-state index is -0.728. The molecule has 0 spiro atoms. The van der Waals surface area contributed by atoms with Gasteiger partial charge in [0.05, 0.1) is 10.5 Å². The van der Waals surface area contributed by atoms with Gasteiger partial charge in [-0.25, -0.2) is 4.68 Å². The van der Waals surface area contributed by atoms with E-state index in [0.717, 1.165) is 4.68 Å². The Kier molecular flexibility index (Phi) is 3.72. The molecule has 0 N–H and O–H groups in total. The van der Waals surface area contributed by atoms with Crippen LogP contribution >= 0.6 is 0 Å². The van der Waals surface area contributed by atoms with Gasteiger partial charge in [-0.2, -0.15) is 5.10 Å². The lowest BCUT2D eigenvalue weighted by Crippen LogP contribution is -2.24. The van der Waals surface area contributed by atoms with Crippen molar-refractivity contribution in [3.05, 3.63) is 81.1 Å². The highest BCUT2D eigenvalue weighted by atomic mass is 16.6. The molecule has 0 fully saturated rings. The van der Waals surface area contributed by atoms with Gasteiger partial charge in [0.1, 0.15) is 5.69 Å². The molecule has 0 unspecified atom stereocenters. The average molecular weight is 307 g/mol. The van der Waals surface area contributed by atoms with Crippen LogP contribution in [0.5, 0.6) is 0 Å². The minimum absolute atomic E-state index is 0.241. The predicted octanol–water partition coefficient (Wildman–Crippen LogP) is 3.02. The zero-order valence-electron chi connectivity index (χ0n) is 12.3. The van der Waals surface area contributed by atoms with Gasteiger partial charge in [-0.15, -0.1) is 0 Å². The number of nitro groups is 1. The van der Waals surface area contributed by atoms with E-state index >= 15 is 0 Å². The van der Waals surface area contributed by atoms with E-state index in [2.05, 4.69) is 5.10 Å². The third kappa shape index (κ3) is 2.62. The molecule has 0 saturated heterocycles. The second-order valence-electron chi connectivity index (χ2n) is 4.99. The molecule has 0 aliphatic heterocycles. The highest BCUT2D eigenvalue weighted by Crippen LogP contribution is 2.35. The smallest absolute Gasteiger partial charge is 0.260 e. The molecule has 0 amide bonds. The molecule has 6 heteroatoms. The van der Waals surface area contributed by atoms with Crippen LogP contribution in [-0.4, -0.2) is 14.7 Å². The first-order chi connectivity index (χ1) is 11.1. The minimum Gasteiger partial charge on any atom is -0.260 e. The Morgan fingerprint density at radius 1 is 0.957 bits per heavy atom. The fraction of sp³-hybridized carbons (Fsp3) is 0.0588. The van der Waals surface area contributed by atoms with Crippen molar-refractivity contribution in [1.29, 1.82) is 0 Å². The van der Waals surface area contributed by atoms with Crippen LogP contribution in [0.25, 0.3) is 22.4 Å². The van der Waals surface area contributed by atoms with Crippen molar-refractivity contribution < 1.29 is 4.92 Å². The summed E-state index contributed by atoms with van der Waals surface area (Å²) in [6.45, 7) is 0. The molecule has 3 aromatic rings. The standard InChI is InChI=1S/C17H13N3O3/c1-19-17(21)16(20(22)23)14(12-8-4-2-5-9-12)15(18-19)13-10-6-3-7-11-13/h2-11H,1H3. The molecule has 0 aliphatic carbocycles. The van der Waals surface area contributed by atoms with E-state index in [9.17, 15) is 14.9 Å². The average Bonchev–Trinajstić information content (AvgIpc) is 2.58. The van der Waals surface area contributed by atoms with Gasteiger partial charge >= 0.3 is 11.2 Å². The van der Waals surface area contributed by atoms with Crippen LogP contribution < -0.4 is 5.56 Å². The van der Waals surface area contributed by atoms with E-state index in [1.54, 1.807) is 24.3 Å². The maximum Gasteiger partial charge on any atom is 0.345 e. The molecule has 0 atom stereocenters. The SMILES string of the molecule is Cn1nc(-c2ccccc2)c(-c2ccccc2)c([N+](=O)[O-])c1=O. The van der Waals surface area contributed by atoms with E-state index < -0.39 is 16.2 Å². The summed E-state index contributed by atoms with van der Waals surface area (Å²) in [5.41, 5.74) is 0.755. The van der Waals surface area contributed by atoms with Crippen LogP contribution in [-0.2, 0) is 7.05 Å². The van der Waals surface area contributed by atoms with Crippen molar-refractivity contribution in [2.24, 2.45) is 7.05 Å². The molecule has 23 heavy (non-hydrogen) atoms. The van der Waals surface area contributed by atoms with E-state index in [0.29, 0.717) is 16.8 Å². The molecule has 6 nitrogen and oxygen atoms in total. The predicted molar refractivity (Wildman–Crippen MR) is 87.0 cm³/mol. The normalized spacial score (nSPS) is 10.5. The summed E-state index contributed by atoms with van der Waals surface area (Å²) in [5.74, 6) is 0. The van der Waals surface area contributed by atoms with Gasteiger partial charge in [0.15, 0.2) is 0 Å². The van der Waals surface area contributed by atoms with E-state index in [1.807, 2.05) is 36.4 Å². The van der Waals surface area contributed by atoms with E-state index in [4.69, 9.17) is 0 Å². The maximum atomic E-state index is 12.2. The van der Waals surface area contributed by atoms with Crippen LogP contribution in [0, 0.1) is 10.1 Å². The first kappa shape index (κ1) is 14.6. The first-order valence-electron chi connectivity index (χ1n) is 6.96. The molecule has 0 aliphatic rings. The molecule has 114 valence electrons. The monoisotopic (exact) mass is 307 g/mol. The van der Waals surface area contributed by atoms with Crippen molar-refractivity contribution in [3.8, 4) is 22.4 Å². The quantitative estimate of drug-likeness (QED) is 0.550. The molecule has 1 heterocycles. The van der Waals surface area contributed by atoms with Crippen LogP contribution in [0.2, 0.25) is 0 Å². The third-order valence-corrected chi connectivity index (χ3v) is 3.51. The van der Waals surface area contributed by atoms with Gasteiger partial charge in [-0.05, 0) is 5.56 Å². The summed E-state index contributed by atoms with van der Waals surface area (Å²) in [6, 6.07) is 17.9. The number of hydrogen-bond donors (Lipinski definition) is 0. The summed E-state index contributed by atoms with van der Waals surface area (Å²) in [7, 11) is 1.41. The zero-order valence-corrected chi connectivity index (χ0v) is 12.3. The number of hydrogen-bond acceptors (Lipinski definition) is 4. The van der Waals surface area contributed by atoms with Gasteiger partial charge in [0.25, 0.3) is 0 Å². The Morgan fingerprint density at radius 3 is 2.00 bits per heavy atom. The number of aromatic nitrogens is 2. The van der Waals surface area contributed by atoms with E-state index in [-0.39, 0.29) is 5.56 Å². The summed E-state index contributed by atoms with van der Waals surface area (Å²) in [6.07, 6.45) is 0. The summed E-state index contributed by atoms with van der Waals surface area (Å²) in [5, 5.41) is 15.8. The topological polar surface area (TPSA) is 78.0 Å². The van der Waals surface area contributed by atoms with Crippen molar-refractivity contribution in [2.45, 2.75) is 0 Å². The second kappa shape index (κ2) is 5.84. The summed E-state index contributed by atoms with van der Waals surface area (Å²) in [4.78, 5) is 23.1. The van der Waals surface area contributed by atoms with Crippen LogP contribution in [0.15, 0.2) is 65.5 Å². The molecule has 0 bridgehead atoms. The summed E-state index contributed by atoms with van der Waals surface area (Å²) < 4.78 is 1.01. The van der Waals surface area contributed by atoms with Crippen LogP contribution in [0.4, 0.5) is 5.69 Å². The van der Waals surface area contributed by atoms with Gasteiger partial charge in [0.2, 0.25) is 0 Å². The fourth-order valence-electron chi connectivity index (χ4n) is 2.46. The number of nitrogens with zero attached hydrogens (tertiary/aromatic N) is 3. The Labute approximate surface area is 131 Å². The van der Waals surface area contributed by atoms with Crippen LogP contribution in [0.1, 0.15) is 0 Å². The molecule has 0 saturated carbocycles. The zero-order chi connectivity index (χ0) is 16.4. The number of aryl methyl sites for hydroxylation is 1. The molecule has 1 aromatic heterocycles. The Morgan fingerprint density at radius 2 is 1.48 bits per heavy atom. The molecule has 2 aromatic carbocycles. The lowest BCUT2D eigenvalue weighted by molar-refractivity contribution is -0.385. The third-order valence-electron chi connectivity index (χ3n) is 3.51. The van der Waals surface area contributed by atoms with Crippen LogP contribution in [0.3, 0.4) is 0 Å². The lowest BCUT2D eigenvalue weighted by Gasteiger charge is -2.11. The number of benzene rings is 2. The molecular formula is C17H13N3O3. The second-order valence-corrected chi connectivity index (χ2v) is 4.99. The number of rotatable bonds is 3. The molecule has 3 rings (SSSR count). The van der Waals surface area contributed by atoms with Crippen molar-refractivity contribution in [1.82, 2.24) is 9.78 Å². The largest absolute Gasteiger partial charge is 0.345 e. The Balaban J connectivity index is 2.45. The highest BCUT2D eigenvalue weighted by Gasteiger charge is 2.27. The Bertz CT molecular complexity index is 919. The van der Waals surface area contributed by atoms with Crippen molar-refractivity contribution >= 4 is 5.69 Å². The molecule has 0 radical (unpaired) electrons. The van der Waals surface area contributed by atoms with Gasteiger partial charge in [0, 0.05) is 12.6 Å². The lowest BCUT2D eigenvalue weighted by atomic mass is 9.98. The highest BCUT2D eigenvalue weighted by molar-refractivity contribution is 5.86. The van der Waals surface area contributed by atoms with Crippen molar-refractivity contribution in [3.63, 3.8) is 0 Å². The van der Waals surface area contributed by atoms with Gasteiger partial charge < -0.3 is 0 Å².